The number of nitrogens with zero attached hydrogens (tertiary/aromatic N) is 1. The van der Waals surface area contributed by atoms with E-state index in [1.165, 1.54) is 5.57 Å². The van der Waals surface area contributed by atoms with Crippen molar-refractivity contribution in [1.29, 1.82) is 0 Å². The Morgan fingerprint density at radius 3 is 3.00 bits per heavy atom. The lowest BCUT2D eigenvalue weighted by Gasteiger charge is -2.09. The van der Waals surface area contributed by atoms with Crippen LogP contribution in [0.4, 0.5) is 0 Å². The molecule has 1 aliphatic heterocycles. The van der Waals surface area contributed by atoms with Crippen LogP contribution in [0.15, 0.2) is 40.6 Å². The molecule has 0 saturated carbocycles. The van der Waals surface area contributed by atoms with E-state index in [-0.39, 0.29) is 6.04 Å². The van der Waals surface area contributed by atoms with Crippen molar-refractivity contribution in [2.75, 3.05) is 0 Å². The van der Waals surface area contributed by atoms with Crippen molar-refractivity contribution in [3.63, 3.8) is 0 Å². The first-order chi connectivity index (χ1) is 5.70. The van der Waals surface area contributed by atoms with E-state index in [2.05, 4.69) is 18.0 Å². The summed E-state index contributed by atoms with van der Waals surface area (Å²) in [5, 5.41) is 0. The summed E-state index contributed by atoms with van der Waals surface area (Å²) in [4.78, 5) is 4.24. The smallest absolute Gasteiger partial charge is 0.0720 e. The van der Waals surface area contributed by atoms with Gasteiger partial charge in [-0.15, -0.1) is 0 Å². The van der Waals surface area contributed by atoms with Gasteiger partial charge in [-0.1, -0.05) is 12.2 Å². The maximum Gasteiger partial charge on any atom is 0.0720 e. The van der Waals surface area contributed by atoms with Gasteiger partial charge < -0.3 is 5.73 Å². The van der Waals surface area contributed by atoms with E-state index in [1.54, 1.807) is 0 Å². The molecule has 0 fully saturated rings. The molecule has 1 unspecified atom stereocenters. The molecular weight excluding hydrogens is 148 g/mol. The number of nitrogens with two attached hydrogens (primary N) is 1. The van der Waals surface area contributed by atoms with Gasteiger partial charge in [-0.25, -0.2) is 0 Å². The maximum absolute atomic E-state index is 5.51. The first-order valence-corrected chi connectivity index (χ1v) is 4.04. The Morgan fingerprint density at radius 2 is 2.42 bits per heavy atom. The van der Waals surface area contributed by atoms with E-state index >= 15 is 0 Å². The van der Waals surface area contributed by atoms with E-state index in [0.29, 0.717) is 0 Å². The van der Waals surface area contributed by atoms with Crippen LogP contribution in [0.2, 0.25) is 0 Å². The molecule has 0 aromatic carbocycles. The standard InChI is InChI=1S/C10H14N2/c1-8(11)5-6-10-4-3-7-12-9(10)2/h3-7,9H,11H2,1-2H3/b8-5+,10-6-. The zero-order valence-electron chi connectivity index (χ0n) is 7.49. The Hall–Kier alpha value is -1.31. The Kier molecular flexibility index (Phi) is 2.86. The summed E-state index contributed by atoms with van der Waals surface area (Å²) in [5.74, 6) is 0. The maximum atomic E-state index is 5.51. The fourth-order valence-corrected chi connectivity index (χ4v) is 0.981. The highest BCUT2D eigenvalue weighted by Crippen LogP contribution is 2.11. The van der Waals surface area contributed by atoms with Gasteiger partial charge in [0, 0.05) is 11.9 Å². The zero-order chi connectivity index (χ0) is 8.97. The van der Waals surface area contributed by atoms with Gasteiger partial charge in [0.05, 0.1) is 6.04 Å². The van der Waals surface area contributed by atoms with Crippen molar-refractivity contribution in [2.24, 2.45) is 10.7 Å². The largest absolute Gasteiger partial charge is 0.402 e. The highest BCUT2D eigenvalue weighted by molar-refractivity contribution is 5.74. The molecule has 0 bridgehead atoms. The highest BCUT2D eigenvalue weighted by Gasteiger charge is 2.03. The third kappa shape index (κ3) is 2.38. The van der Waals surface area contributed by atoms with Crippen molar-refractivity contribution in [3.8, 4) is 0 Å². The van der Waals surface area contributed by atoms with E-state index in [0.717, 1.165) is 5.70 Å². The predicted molar refractivity (Wildman–Crippen MR) is 53.1 cm³/mol. The molecule has 0 radical (unpaired) electrons. The molecule has 0 aromatic heterocycles. The van der Waals surface area contributed by atoms with E-state index in [4.69, 9.17) is 5.73 Å². The molecule has 1 atom stereocenters. The molecule has 0 aromatic rings. The highest BCUT2D eigenvalue weighted by atomic mass is 14.8. The summed E-state index contributed by atoms with van der Waals surface area (Å²) in [6.45, 7) is 3.93. The Bertz CT molecular complexity index is 266. The number of dihydropyridines is 1. The molecule has 2 nitrogen and oxygen atoms in total. The second kappa shape index (κ2) is 3.90. The van der Waals surface area contributed by atoms with Gasteiger partial charge >= 0.3 is 0 Å². The minimum absolute atomic E-state index is 0.255. The van der Waals surface area contributed by atoms with Crippen LogP contribution in [-0.4, -0.2) is 12.3 Å². The molecule has 1 aliphatic rings. The van der Waals surface area contributed by atoms with Gasteiger partial charge in [0.1, 0.15) is 0 Å². The minimum Gasteiger partial charge on any atom is -0.402 e. The molecule has 0 amide bonds. The van der Waals surface area contributed by atoms with Crippen LogP contribution in [0.3, 0.4) is 0 Å². The second-order valence-corrected chi connectivity index (χ2v) is 2.91. The lowest BCUT2D eigenvalue weighted by atomic mass is 10.1. The van der Waals surface area contributed by atoms with Crippen LogP contribution in [0.25, 0.3) is 0 Å². The minimum atomic E-state index is 0.255. The van der Waals surface area contributed by atoms with Crippen molar-refractivity contribution in [1.82, 2.24) is 0 Å². The Morgan fingerprint density at radius 1 is 1.67 bits per heavy atom. The number of rotatable bonds is 1. The topological polar surface area (TPSA) is 38.4 Å². The molecule has 2 heteroatoms. The number of aliphatic imine (C=N–C) groups is 1. The van der Waals surface area contributed by atoms with E-state index in [9.17, 15) is 0 Å². The van der Waals surface area contributed by atoms with Crippen molar-refractivity contribution < 1.29 is 0 Å². The SMILES string of the molecule is C/C(N)=C\C=C1\C=CC=NC1C. The van der Waals surface area contributed by atoms with Gasteiger partial charge in [-0.2, -0.15) is 0 Å². The normalized spacial score (nSPS) is 26.7. The monoisotopic (exact) mass is 162 g/mol. The predicted octanol–water partition coefficient (Wildman–Crippen LogP) is 1.80. The number of hydrogen-bond acceptors (Lipinski definition) is 2. The fourth-order valence-electron chi connectivity index (χ4n) is 0.981. The second-order valence-electron chi connectivity index (χ2n) is 2.91. The van der Waals surface area contributed by atoms with Crippen molar-refractivity contribution in [2.45, 2.75) is 19.9 Å². The molecule has 0 saturated heterocycles. The Balaban J connectivity index is 2.75. The van der Waals surface area contributed by atoms with E-state index < -0.39 is 0 Å². The molecule has 1 heterocycles. The first kappa shape index (κ1) is 8.78. The van der Waals surface area contributed by atoms with E-state index in [1.807, 2.05) is 31.4 Å². The molecular formula is C10H14N2. The molecule has 64 valence electrons. The third-order valence-electron chi connectivity index (χ3n) is 1.71. The lowest BCUT2D eigenvalue weighted by molar-refractivity contribution is 0.886. The summed E-state index contributed by atoms with van der Waals surface area (Å²) in [7, 11) is 0. The molecule has 2 N–H and O–H groups in total. The third-order valence-corrected chi connectivity index (χ3v) is 1.71. The lowest BCUT2D eigenvalue weighted by Crippen LogP contribution is -2.04. The van der Waals surface area contributed by atoms with Crippen LogP contribution in [0, 0.1) is 0 Å². The summed E-state index contributed by atoms with van der Waals surface area (Å²) in [6, 6.07) is 0.255. The molecule has 1 rings (SSSR count). The average molecular weight is 162 g/mol. The zero-order valence-corrected chi connectivity index (χ0v) is 7.49. The summed E-state index contributed by atoms with van der Waals surface area (Å²) in [5.41, 5.74) is 7.52. The molecule has 0 aliphatic carbocycles. The summed E-state index contributed by atoms with van der Waals surface area (Å²) < 4.78 is 0. The van der Waals surface area contributed by atoms with Gasteiger partial charge in [0.25, 0.3) is 0 Å². The number of hydrogen-bond donors (Lipinski definition) is 1. The van der Waals surface area contributed by atoms with Crippen molar-refractivity contribution >= 4 is 6.21 Å². The first-order valence-electron chi connectivity index (χ1n) is 4.04. The van der Waals surface area contributed by atoms with Crippen LogP contribution >= 0.6 is 0 Å². The van der Waals surface area contributed by atoms with Crippen LogP contribution in [-0.2, 0) is 0 Å². The van der Waals surface area contributed by atoms with Crippen molar-refractivity contribution in [3.05, 3.63) is 35.6 Å². The van der Waals surface area contributed by atoms with Gasteiger partial charge in [0.15, 0.2) is 0 Å². The van der Waals surface area contributed by atoms with Gasteiger partial charge in [-0.05, 0) is 31.6 Å². The summed E-state index contributed by atoms with van der Waals surface area (Å²) in [6.07, 6.45) is 9.72. The fraction of sp³-hybridized carbons (Fsp3) is 0.300. The quantitative estimate of drug-likeness (QED) is 0.627. The molecule has 12 heavy (non-hydrogen) atoms. The van der Waals surface area contributed by atoms with Gasteiger partial charge in [-0.3, -0.25) is 4.99 Å². The average Bonchev–Trinajstić information content (AvgIpc) is 2.03. The summed E-state index contributed by atoms with van der Waals surface area (Å²) >= 11 is 0. The van der Waals surface area contributed by atoms with Crippen LogP contribution in [0.5, 0.6) is 0 Å². The number of allylic oxidation sites excluding steroid dienone is 4. The Labute approximate surface area is 73.2 Å². The van der Waals surface area contributed by atoms with Gasteiger partial charge in [0.2, 0.25) is 0 Å². The molecule has 0 spiro atoms. The van der Waals surface area contributed by atoms with Crippen LogP contribution < -0.4 is 5.73 Å². The van der Waals surface area contributed by atoms with Crippen LogP contribution in [0.1, 0.15) is 13.8 Å².